The summed E-state index contributed by atoms with van der Waals surface area (Å²) in [5.41, 5.74) is -1.67. The van der Waals surface area contributed by atoms with Crippen molar-refractivity contribution in [2.24, 2.45) is 0 Å². The predicted molar refractivity (Wildman–Crippen MR) is 52.6 cm³/mol. The zero-order chi connectivity index (χ0) is 12.1. The van der Waals surface area contributed by atoms with Gasteiger partial charge in [-0.3, -0.25) is 0 Å². The molecule has 0 saturated heterocycles. The van der Waals surface area contributed by atoms with Crippen molar-refractivity contribution in [3.63, 3.8) is 0 Å². The monoisotopic (exact) mass is 248 g/mol. The summed E-state index contributed by atoms with van der Waals surface area (Å²) < 4.78 is 49.4. The second-order valence-electron chi connectivity index (χ2n) is 4.07. The molecule has 0 spiro atoms. The Labute approximate surface area is 91.6 Å². The van der Waals surface area contributed by atoms with Crippen molar-refractivity contribution < 1.29 is 22.3 Å². The van der Waals surface area contributed by atoms with E-state index in [-0.39, 0.29) is 5.56 Å². The molecule has 0 unspecified atom stereocenters. The minimum atomic E-state index is -3.84. The summed E-state index contributed by atoms with van der Waals surface area (Å²) in [6.07, 6.45) is 1.43. The van der Waals surface area contributed by atoms with Crippen molar-refractivity contribution in [2.75, 3.05) is 6.26 Å². The smallest absolute Gasteiger partial charge is 0.178 e. The van der Waals surface area contributed by atoms with E-state index in [4.69, 9.17) is 0 Å². The summed E-state index contributed by atoms with van der Waals surface area (Å²) in [7, 11) is -3.84. The lowest BCUT2D eigenvalue weighted by molar-refractivity contribution is 0.145. The van der Waals surface area contributed by atoms with Crippen molar-refractivity contribution in [1.82, 2.24) is 0 Å². The van der Waals surface area contributed by atoms with Gasteiger partial charge in [-0.2, -0.15) is 0 Å². The number of hydrogen-bond donors (Lipinski definition) is 1. The van der Waals surface area contributed by atoms with Crippen LogP contribution in [-0.2, 0) is 15.4 Å². The van der Waals surface area contributed by atoms with Crippen LogP contribution >= 0.6 is 0 Å². The Morgan fingerprint density at radius 3 is 2.31 bits per heavy atom. The van der Waals surface area contributed by atoms with E-state index in [1.54, 1.807) is 0 Å². The highest BCUT2D eigenvalue weighted by molar-refractivity contribution is 7.90. The normalized spacial score (nSPS) is 18.5. The van der Waals surface area contributed by atoms with E-state index in [0.717, 1.165) is 12.3 Å². The zero-order valence-electron chi connectivity index (χ0n) is 8.50. The quantitative estimate of drug-likeness (QED) is 0.859. The molecule has 1 aromatic rings. The van der Waals surface area contributed by atoms with Crippen LogP contribution in [0.5, 0.6) is 0 Å². The van der Waals surface area contributed by atoms with E-state index in [1.807, 2.05) is 0 Å². The average molecular weight is 248 g/mol. The van der Waals surface area contributed by atoms with Crippen molar-refractivity contribution >= 4 is 9.84 Å². The Morgan fingerprint density at radius 2 is 1.88 bits per heavy atom. The van der Waals surface area contributed by atoms with E-state index in [9.17, 15) is 22.3 Å². The first kappa shape index (κ1) is 11.5. The highest BCUT2D eigenvalue weighted by Gasteiger charge is 2.45. The molecule has 1 saturated carbocycles. The van der Waals surface area contributed by atoms with Gasteiger partial charge in [0.15, 0.2) is 9.84 Å². The molecule has 6 heteroatoms. The highest BCUT2D eigenvalue weighted by Crippen LogP contribution is 2.47. The van der Waals surface area contributed by atoms with E-state index in [0.29, 0.717) is 18.9 Å². The molecule has 1 N–H and O–H groups in total. The van der Waals surface area contributed by atoms with Gasteiger partial charge < -0.3 is 5.11 Å². The van der Waals surface area contributed by atoms with E-state index in [1.165, 1.54) is 0 Å². The first-order valence-electron chi connectivity index (χ1n) is 4.66. The fourth-order valence-corrected chi connectivity index (χ4v) is 2.32. The van der Waals surface area contributed by atoms with Crippen LogP contribution in [0.25, 0.3) is 0 Å². The van der Waals surface area contributed by atoms with Crippen LogP contribution in [0.15, 0.2) is 17.0 Å². The average Bonchev–Trinajstić information content (AvgIpc) is 2.86. The van der Waals surface area contributed by atoms with Crippen LogP contribution in [-0.4, -0.2) is 19.8 Å². The third-order valence-corrected chi connectivity index (χ3v) is 3.72. The number of aliphatic hydroxyl groups is 1. The van der Waals surface area contributed by atoms with Gasteiger partial charge in [-0.1, -0.05) is 0 Å². The summed E-state index contributed by atoms with van der Waals surface area (Å²) in [4.78, 5) is -0.706. The van der Waals surface area contributed by atoms with Gasteiger partial charge in [0.25, 0.3) is 0 Å². The fraction of sp³-hybridized carbons (Fsp3) is 0.400. The van der Waals surface area contributed by atoms with Crippen LogP contribution in [0.4, 0.5) is 8.78 Å². The SMILES string of the molecule is CS(=O)(=O)c1cc(F)cc(C2(O)CC2)c1F. The number of sulfone groups is 1. The van der Waals surface area contributed by atoms with Gasteiger partial charge in [-0.15, -0.1) is 0 Å². The molecule has 1 aliphatic carbocycles. The predicted octanol–water partition coefficient (Wildman–Crippen LogP) is 1.35. The lowest BCUT2D eigenvalue weighted by atomic mass is 10.1. The maximum absolute atomic E-state index is 13.8. The molecule has 0 atom stereocenters. The first-order chi connectivity index (χ1) is 7.24. The molecule has 0 radical (unpaired) electrons. The van der Waals surface area contributed by atoms with Gasteiger partial charge in [0.2, 0.25) is 0 Å². The molecule has 1 fully saturated rings. The largest absolute Gasteiger partial charge is 0.385 e. The van der Waals surface area contributed by atoms with Crippen molar-refractivity contribution in [2.45, 2.75) is 23.3 Å². The molecule has 16 heavy (non-hydrogen) atoms. The molecule has 0 aliphatic heterocycles. The standard InChI is InChI=1S/C10H10F2O3S/c1-16(14,15)8-5-6(11)4-7(9(8)12)10(13)2-3-10/h4-5,13H,2-3H2,1H3. The Balaban J connectivity index is 2.70. The Hall–Kier alpha value is -1.01. The summed E-state index contributed by atoms with van der Waals surface area (Å²) >= 11 is 0. The molecule has 1 aromatic carbocycles. The van der Waals surface area contributed by atoms with Gasteiger partial charge in [0.05, 0.1) is 5.60 Å². The molecule has 2 rings (SSSR count). The van der Waals surface area contributed by atoms with Gasteiger partial charge in [-0.25, -0.2) is 17.2 Å². The van der Waals surface area contributed by atoms with Crippen LogP contribution < -0.4 is 0 Å². The second kappa shape index (κ2) is 3.24. The Kier molecular flexibility index (Phi) is 2.32. The third-order valence-electron chi connectivity index (χ3n) is 2.63. The molecule has 88 valence electrons. The number of rotatable bonds is 2. The second-order valence-corrected chi connectivity index (χ2v) is 6.05. The molecule has 0 heterocycles. The molecular formula is C10H10F2O3S. The van der Waals surface area contributed by atoms with E-state index < -0.39 is 32.0 Å². The first-order valence-corrected chi connectivity index (χ1v) is 6.55. The number of benzene rings is 1. The third kappa shape index (κ3) is 1.82. The van der Waals surface area contributed by atoms with E-state index >= 15 is 0 Å². The van der Waals surface area contributed by atoms with Gasteiger partial charge in [0.1, 0.15) is 16.5 Å². The number of halogens is 2. The molecule has 3 nitrogen and oxygen atoms in total. The summed E-state index contributed by atoms with van der Waals surface area (Å²) in [6.45, 7) is 0. The van der Waals surface area contributed by atoms with Crippen LogP contribution in [0.3, 0.4) is 0 Å². The van der Waals surface area contributed by atoms with Crippen LogP contribution in [0.1, 0.15) is 18.4 Å². The Bertz CT molecular complexity index is 547. The molecule has 0 bridgehead atoms. The lowest BCUT2D eigenvalue weighted by Crippen LogP contribution is -2.12. The zero-order valence-corrected chi connectivity index (χ0v) is 9.31. The maximum Gasteiger partial charge on any atom is 0.178 e. The van der Waals surface area contributed by atoms with Crippen LogP contribution in [0, 0.1) is 11.6 Å². The summed E-state index contributed by atoms with van der Waals surface area (Å²) in [5.74, 6) is -1.92. The lowest BCUT2D eigenvalue weighted by Gasteiger charge is -2.12. The minimum absolute atomic E-state index is 0.270. The number of hydrogen-bond acceptors (Lipinski definition) is 3. The van der Waals surface area contributed by atoms with Gasteiger partial charge in [-0.05, 0) is 25.0 Å². The van der Waals surface area contributed by atoms with Crippen molar-refractivity contribution in [1.29, 1.82) is 0 Å². The highest BCUT2D eigenvalue weighted by atomic mass is 32.2. The maximum atomic E-state index is 13.8. The fourth-order valence-electron chi connectivity index (χ4n) is 1.56. The van der Waals surface area contributed by atoms with Gasteiger partial charge in [0, 0.05) is 11.8 Å². The van der Waals surface area contributed by atoms with Crippen molar-refractivity contribution in [3.05, 3.63) is 29.3 Å². The minimum Gasteiger partial charge on any atom is -0.385 e. The molecule has 1 aliphatic rings. The van der Waals surface area contributed by atoms with Crippen molar-refractivity contribution in [3.8, 4) is 0 Å². The van der Waals surface area contributed by atoms with E-state index in [2.05, 4.69) is 0 Å². The topological polar surface area (TPSA) is 54.4 Å². The summed E-state index contributed by atoms with van der Waals surface area (Å²) in [5, 5.41) is 9.69. The molecular weight excluding hydrogens is 238 g/mol. The Morgan fingerprint density at radius 1 is 1.31 bits per heavy atom. The molecule has 0 aromatic heterocycles. The van der Waals surface area contributed by atoms with Gasteiger partial charge >= 0.3 is 0 Å². The molecule has 0 amide bonds. The summed E-state index contributed by atoms with van der Waals surface area (Å²) in [6, 6.07) is 1.47. The van der Waals surface area contributed by atoms with Crippen LogP contribution in [0.2, 0.25) is 0 Å².